The van der Waals surface area contributed by atoms with E-state index in [9.17, 15) is 9.59 Å². The first-order valence-electron chi connectivity index (χ1n) is 7.87. The zero-order chi connectivity index (χ0) is 17.5. The summed E-state index contributed by atoms with van der Waals surface area (Å²) in [6.07, 6.45) is 0.676. The van der Waals surface area contributed by atoms with Crippen LogP contribution in [0.5, 0.6) is 0 Å². The Bertz CT molecular complexity index is 771. The maximum Gasteiger partial charge on any atom is 0.307 e. The maximum absolute atomic E-state index is 12.2. The fourth-order valence-electron chi connectivity index (χ4n) is 2.58. The first kappa shape index (κ1) is 16.2. The van der Waals surface area contributed by atoms with Gasteiger partial charge in [0.2, 0.25) is 0 Å². The van der Waals surface area contributed by atoms with E-state index in [-0.39, 0.29) is 28.9 Å². The Labute approximate surface area is 139 Å². The molecule has 2 atom stereocenters. The molecule has 1 aliphatic carbocycles. The van der Waals surface area contributed by atoms with Gasteiger partial charge in [-0.1, -0.05) is 38.1 Å². The van der Waals surface area contributed by atoms with Gasteiger partial charge in [0, 0.05) is 17.2 Å². The molecule has 0 radical (unpaired) electrons. The Balaban J connectivity index is 1.65. The van der Waals surface area contributed by atoms with Crippen LogP contribution in [-0.4, -0.2) is 22.1 Å². The summed E-state index contributed by atoms with van der Waals surface area (Å²) in [6.45, 7) is 5.95. The predicted octanol–water partition coefficient (Wildman–Crippen LogP) is 3.41. The zero-order valence-electron chi connectivity index (χ0n) is 13.9. The molecule has 3 rings (SSSR count). The molecule has 0 bridgehead atoms. The highest BCUT2D eigenvalue weighted by molar-refractivity contribution is 6.02. The molecule has 2 aromatic rings. The summed E-state index contributed by atoms with van der Waals surface area (Å²) < 4.78 is 5.21. The second-order valence-electron chi connectivity index (χ2n) is 7.19. The molecule has 1 aliphatic rings. The summed E-state index contributed by atoms with van der Waals surface area (Å²) in [7, 11) is 0. The van der Waals surface area contributed by atoms with E-state index in [0.29, 0.717) is 17.9 Å². The second kappa shape index (κ2) is 5.78. The van der Waals surface area contributed by atoms with E-state index in [4.69, 9.17) is 9.63 Å². The first-order chi connectivity index (χ1) is 11.3. The topological polar surface area (TPSA) is 92.4 Å². The summed E-state index contributed by atoms with van der Waals surface area (Å²) in [4.78, 5) is 23.1. The summed E-state index contributed by atoms with van der Waals surface area (Å²) in [5, 5.41) is 15.5. The summed E-state index contributed by atoms with van der Waals surface area (Å²) in [6, 6.07) is 8.90. The SMILES string of the molecule is CC(C)(C)c1cc(C(=O)Nc2ccc([C@@H]3C[C@H]3C(=O)O)cc2)no1. The lowest BCUT2D eigenvalue weighted by molar-refractivity contribution is -0.138. The number of hydrogen-bond acceptors (Lipinski definition) is 4. The molecule has 2 N–H and O–H groups in total. The van der Waals surface area contributed by atoms with Gasteiger partial charge in [0.15, 0.2) is 5.69 Å². The van der Waals surface area contributed by atoms with Crippen LogP contribution in [0.25, 0.3) is 0 Å². The van der Waals surface area contributed by atoms with Crippen LogP contribution >= 0.6 is 0 Å². The second-order valence-corrected chi connectivity index (χ2v) is 7.19. The van der Waals surface area contributed by atoms with E-state index in [1.807, 2.05) is 32.9 Å². The van der Waals surface area contributed by atoms with Crippen LogP contribution in [0.1, 0.15) is 54.9 Å². The van der Waals surface area contributed by atoms with Crippen molar-refractivity contribution < 1.29 is 19.2 Å². The molecular weight excluding hydrogens is 308 g/mol. The highest BCUT2D eigenvalue weighted by Crippen LogP contribution is 2.47. The number of nitrogens with one attached hydrogen (secondary N) is 1. The molecule has 6 heteroatoms. The number of carboxylic acid groups (broad SMARTS) is 1. The Morgan fingerprint density at radius 2 is 1.92 bits per heavy atom. The van der Waals surface area contributed by atoms with Crippen LogP contribution in [-0.2, 0) is 10.2 Å². The minimum atomic E-state index is -0.752. The average Bonchev–Trinajstić information content (AvgIpc) is 3.14. The molecule has 1 aromatic carbocycles. The van der Waals surface area contributed by atoms with Gasteiger partial charge in [0.25, 0.3) is 5.91 Å². The normalized spacial score (nSPS) is 19.8. The van der Waals surface area contributed by atoms with Gasteiger partial charge in [-0.15, -0.1) is 0 Å². The molecule has 0 spiro atoms. The molecule has 1 aromatic heterocycles. The molecule has 1 fully saturated rings. The number of aliphatic carboxylic acids is 1. The average molecular weight is 328 g/mol. The van der Waals surface area contributed by atoms with Crippen molar-refractivity contribution >= 4 is 17.6 Å². The third-order valence-corrected chi connectivity index (χ3v) is 4.19. The molecule has 0 unspecified atom stereocenters. The van der Waals surface area contributed by atoms with Crippen molar-refractivity contribution in [3.63, 3.8) is 0 Å². The van der Waals surface area contributed by atoms with Crippen molar-refractivity contribution in [1.82, 2.24) is 5.16 Å². The van der Waals surface area contributed by atoms with E-state index in [1.54, 1.807) is 18.2 Å². The van der Waals surface area contributed by atoms with E-state index in [1.165, 1.54) is 0 Å². The Morgan fingerprint density at radius 1 is 1.25 bits per heavy atom. The molecule has 1 saturated carbocycles. The Hall–Kier alpha value is -2.63. The van der Waals surface area contributed by atoms with Crippen LogP contribution in [0.4, 0.5) is 5.69 Å². The largest absolute Gasteiger partial charge is 0.481 e. The van der Waals surface area contributed by atoms with Gasteiger partial charge in [-0.2, -0.15) is 0 Å². The number of aromatic nitrogens is 1. The number of rotatable bonds is 4. The molecule has 24 heavy (non-hydrogen) atoms. The summed E-state index contributed by atoms with van der Waals surface area (Å²) in [5.41, 5.74) is 1.64. The van der Waals surface area contributed by atoms with Crippen molar-refractivity contribution in [3.8, 4) is 0 Å². The molecule has 6 nitrogen and oxygen atoms in total. The minimum absolute atomic E-state index is 0.0807. The van der Waals surface area contributed by atoms with Gasteiger partial charge in [-0.3, -0.25) is 9.59 Å². The predicted molar refractivity (Wildman–Crippen MR) is 88.1 cm³/mol. The number of amides is 1. The summed E-state index contributed by atoms with van der Waals surface area (Å²) >= 11 is 0. The van der Waals surface area contributed by atoms with Crippen LogP contribution < -0.4 is 5.32 Å². The Morgan fingerprint density at radius 3 is 2.42 bits per heavy atom. The van der Waals surface area contributed by atoms with Crippen LogP contribution in [0.15, 0.2) is 34.9 Å². The number of carbonyl (C=O) groups is 2. The molecule has 0 saturated heterocycles. The van der Waals surface area contributed by atoms with Crippen LogP contribution in [0, 0.1) is 5.92 Å². The Kier molecular flexibility index (Phi) is 3.91. The van der Waals surface area contributed by atoms with E-state index in [2.05, 4.69) is 10.5 Å². The highest BCUT2D eigenvalue weighted by Gasteiger charge is 2.44. The quantitative estimate of drug-likeness (QED) is 0.897. The molecule has 0 aliphatic heterocycles. The lowest BCUT2D eigenvalue weighted by Crippen LogP contribution is -2.13. The maximum atomic E-state index is 12.2. The minimum Gasteiger partial charge on any atom is -0.481 e. The number of nitrogens with zero attached hydrogens (tertiary/aromatic N) is 1. The van der Waals surface area contributed by atoms with Crippen molar-refractivity contribution in [1.29, 1.82) is 0 Å². The van der Waals surface area contributed by atoms with Gasteiger partial charge in [-0.05, 0) is 30.0 Å². The smallest absolute Gasteiger partial charge is 0.307 e. The standard InChI is InChI=1S/C18H20N2O4/c1-18(2,3)15-9-14(20-24-15)16(21)19-11-6-4-10(5-7-11)12-8-13(12)17(22)23/h4-7,9,12-13H,8H2,1-3H3,(H,19,21)(H,22,23)/t12-,13+/m0/s1. The number of anilines is 1. The fraction of sp³-hybridized carbons (Fsp3) is 0.389. The fourth-order valence-corrected chi connectivity index (χ4v) is 2.58. The molecule has 1 amide bonds. The zero-order valence-corrected chi connectivity index (χ0v) is 13.9. The van der Waals surface area contributed by atoms with E-state index in [0.717, 1.165) is 5.56 Å². The van der Waals surface area contributed by atoms with Crippen molar-refractivity contribution in [3.05, 3.63) is 47.3 Å². The van der Waals surface area contributed by atoms with Gasteiger partial charge in [0.1, 0.15) is 5.76 Å². The van der Waals surface area contributed by atoms with Crippen molar-refractivity contribution in [2.75, 3.05) is 5.32 Å². The van der Waals surface area contributed by atoms with Crippen molar-refractivity contribution in [2.24, 2.45) is 5.92 Å². The van der Waals surface area contributed by atoms with Gasteiger partial charge >= 0.3 is 5.97 Å². The number of carbonyl (C=O) groups excluding carboxylic acids is 1. The van der Waals surface area contributed by atoms with Gasteiger partial charge < -0.3 is 14.9 Å². The third kappa shape index (κ3) is 3.32. The van der Waals surface area contributed by atoms with E-state index < -0.39 is 5.97 Å². The third-order valence-electron chi connectivity index (χ3n) is 4.19. The van der Waals surface area contributed by atoms with Gasteiger partial charge in [0.05, 0.1) is 5.92 Å². The monoisotopic (exact) mass is 328 g/mol. The lowest BCUT2D eigenvalue weighted by Gasteiger charge is -2.12. The first-order valence-corrected chi connectivity index (χ1v) is 7.87. The van der Waals surface area contributed by atoms with E-state index >= 15 is 0 Å². The molecular formula is C18H20N2O4. The highest BCUT2D eigenvalue weighted by atomic mass is 16.5. The van der Waals surface area contributed by atoms with Crippen LogP contribution in [0.2, 0.25) is 0 Å². The van der Waals surface area contributed by atoms with Gasteiger partial charge in [-0.25, -0.2) is 0 Å². The van der Waals surface area contributed by atoms with Crippen LogP contribution in [0.3, 0.4) is 0 Å². The lowest BCUT2D eigenvalue weighted by atomic mass is 9.93. The molecule has 126 valence electrons. The summed E-state index contributed by atoms with van der Waals surface area (Å²) in [5.74, 6) is -0.639. The number of benzene rings is 1. The number of carboxylic acids is 1. The molecule has 1 heterocycles. The van der Waals surface area contributed by atoms with Crippen molar-refractivity contribution in [2.45, 2.75) is 38.5 Å². The number of hydrogen-bond donors (Lipinski definition) is 2.